The topological polar surface area (TPSA) is 3.24 Å². The molecule has 8 atom stereocenters. The van der Waals surface area contributed by atoms with E-state index < -0.39 is 0 Å². The van der Waals surface area contributed by atoms with Gasteiger partial charge in [0.1, 0.15) is 0 Å². The van der Waals surface area contributed by atoms with Crippen molar-refractivity contribution in [1.29, 1.82) is 0 Å². The molecular formula is C58H53N. The van der Waals surface area contributed by atoms with E-state index in [2.05, 4.69) is 170 Å². The third kappa shape index (κ3) is 4.74. The maximum atomic E-state index is 2.66. The highest BCUT2D eigenvalue weighted by molar-refractivity contribution is 5.91. The summed E-state index contributed by atoms with van der Waals surface area (Å²) in [6.45, 7) is 5.13. The lowest BCUT2D eigenvalue weighted by atomic mass is 9.49. The maximum absolute atomic E-state index is 2.66. The summed E-state index contributed by atoms with van der Waals surface area (Å²) in [5, 5.41) is 2.57. The lowest BCUT2D eigenvalue weighted by Crippen LogP contribution is -2.49. The average Bonchev–Trinajstić information content (AvgIpc) is 4.03. The van der Waals surface area contributed by atoms with Crippen molar-refractivity contribution in [2.24, 2.45) is 35.5 Å². The molecule has 0 aromatic heterocycles. The molecule has 1 heteroatoms. The predicted molar refractivity (Wildman–Crippen MR) is 246 cm³/mol. The van der Waals surface area contributed by atoms with Gasteiger partial charge in [0, 0.05) is 27.9 Å². The van der Waals surface area contributed by atoms with Crippen molar-refractivity contribution in [2.75, 3.05) is 4.90 Å². The number of nitrogens with zero attached hydrogens (tertiary/aromatic N) is 1. The van der Waals surface area contributed by atoms with Crippen molar-refractivity contribution in [3.63, 3.8) is 0 Å². The zero-order chi connectivity index (χ0) is 39.0. The average molecular weight is 764 g/mol. The molecule has 13 rings (SSSR count). The van der Waals surface area contributed by atoms with Gasteiger partial charge < -0.3 is 4.90 Å². The lowest BCUT2D eigenvalue weighted by molar-refractivity contribution is 0.0426. The van der Waals surface area contributed by atoms with Gasteiger partial charge in [-0.3, -0.25) is 0 Å². The Balaban J connectivity index is 0.999. The number of anilines is 3. The van der Waals surface area contributed by atoms with Gasteiger partial charge in [0.2, 0.25) is 0 Å². The van der Waals surface area contributed by atoms with Crippen LogP contribution in [0.2, 0.25) is 0 Å². The van der Waals surface area contributed by atoms with Crippen LogP contribution in [-0.4, -0.2) is 0 Å². The summed E-state index contributed by atoms with van der Waals surface area (Å²) in [6, 6.07) is 59.2. The Morgan fingerprint density at radius 2 is 1.07 bits per heavy atom. The molecule has 4 unspecified atom stereocenters. The first-order valence-corrected chi connectivity index (χ1v) is 22.9. The Morgan fingerprint density at radius 1 is 0.441 bits per heavy atom. The minimum atomic E-state index is 0.0471. The predicted octanol–water partition coefficient (Wildman–Crippen LogP) is 15.4. The van der Waals surface area contributed by atoms with Crippen molar-refractivity contribution < 1.29 is 0 Å². The summed E-state index contributed by atoms with van der Waals surface area (Å²) in [7, 11) is 0. The Bertz CT molecular complexity index is 2820. The monoisotopic (exact) mass is 763 g/mol. The molecule has 6 aliphatic carbocycles. The number of fused-ring (bicyclic) bond motifs is 17. The Morgan fingerprint density at radius 3 is 1.83 bits per heavy atom. The second-order valence-corrected chi connectivity index (χ2v) is 19.9. The zero-order valence-corrected chi connectivity index (χ0v) is 34.5. The van der Waals surface area contributed by atoms with Crippen molar-refractivity contribution >= 4 is 27.8 Å². The summed E-state index contributed by atoms with van der Waals surface area (Å²) in [5.74, 6) is 4.48. The summed E-state index contributed by atoms with van der Waals surface area (Å²) < 4.78 is 0. The fourth-order valence-corrected chi connectivity index (χ4v) is 15.0. The first-order valence-electron chi connectivity index (χ1n) is 22.9. The summed E-state index contributed by atoms with van der Waals surface area (Å²) in [5.41, 5.74) is 18.7. The highest BCUT2D eigenvalue weighted by atomic mass is 15.1. The summed E-state index contributed by atoms with van der Waals surface area (Å²) >= 11 is 0. The second kappa shape index (κ2) is 12.6. The molecule has 7 aromatic carbocycles. The van der Waals surface area contributed by atoms with Crippen LogP contribution in [0.1, 0.15) is 87.5 Å². The molecule has 0 amide bonds. The van der Waals surface area contributed by atoms with Gasteiger partial charge >= 0.3 is 0 Å². The van der Waals surface area contributed by atoms with E-state index in [1.165, 1.54) is 113 Å². The van der Waals surface area contributed by atoms with Crippen LogP contribution in [-0.2, 0) is 10.8 Å². The number of rotatable bonds is 4. The Kier molecular flexibility index (Phi) is 7.34. The molecule has 7 aromatic rings. The molecule has 0 aliphatic heterocycles. The van der Waals surface area contributed by atoms with Crippen LogP contribution in [0.4, 0.5) is 17.1 Å². The van der Waals surface area contributed by atoms with Crippen LogP contribution in [0.15, 0.2) is 152 Å². The first kappa shape index (κ1) is 34.5. The van der Waals surface area contributed by atoms with Crippen LogP contribution in [0.3, 0.4) is 0 Å². The number of hydrogen-bond donors (Lipinski definition) is 0. The van der Waals surface area contributed by atoms with Crippen LogP contribution in [0.5, 0.6) is 0 Å². The van der Waals surface area contributed by atoms with E-state index in [0.29, 0.717) is 11.8 Å². The third-order valence-electron chi connectivity index (χ3n) is 17.0. The van der Waals surface area contributed by atoms with Gasteiger partial charge in [-0.2, -0.15) is 0 Å². The fourth-order valence-electron chi connectivity index (χ4n) is 15.0. The van der Waals surface area contributed by atoms with Crippen molar-refractivity contribution in [3.8, 4) is 33.4 Å². The first-order chi connectivity index (χ1) is 29.0. The molecule has 0 heterocycles. The van der Waals surface area contributed by atoms with E-state index in [0.717, 1.165) is 23.7 Å². The Hall–Kier alpha value is -5.40. The normalized spacial score (nSPS) is 29.1. The van der Waals surface area contributed by atoms with Crippen molar-refractivity contribution in [3.05, 3.63) is 174 Å². The van der Waals surface area contributed by atoms with Crippen molar-refractivity contribution in [2.45, 2.75) is 76.0 Å². The smallest absolute Gasteiger partial charge is 0.0465 e. The van der Waals surface area contributed by atoms with Crippen LogP contribution < -0.4 is 4.90 Å². The SMILES string of the molecule is C[C@@H]1CC2CC(C1)[C@@]1(c3ccccc3-c3ccc(N(c4ccc(-c5ccc6ccccc6c5)cc4)c4ccc5c(c4)[C@@]4(CC6CCC4C6)c4ccccc4-5)cc31)[C@@H](C)C2. The minimum Gasteiger partial charge on any atom is -0.310 e. The highest BCUT2D eigenvalue weighted by Crippen LogP contribution is 2.67. The molecule has 2 spiro atoms. The van der Waals surface area contributed by atoms with E-state index in [4.69, 9.17) is 0 Å². The van der Waals surface area contributed by atoms with Crippen LogP contribution >= 0.6 is 0 Å². The van der Waals surface area contributed by atoms with Gasteiger partial charge in [0.25, 0.3) is 0 Å². The van der Waals surface area contributed by atoms with Gasteiger partial charge in [-0.05, 0) is 189 Å². The molecule has 0 N–H and O–H groups in total. The van der Waals surface area contributed by atoms with E-state index >= 15 is 0 Å². The fraction of sp³-hybridized carbons (Fsp3) is 0.310. The molecular weight excluding hydrogens is 711 g/mol. The van der Waals surface area contributed by atoms with E-state index in [-0.39, 0.29) is 10.8 Å². The van der Waals surface area contributed by atoms with E-state index in [9.17, 15) is 0 Å². The van der Waals surface area contributed by atoms with Crippen molar-refractivity contribution in [1.82, 2.24) is 0 Å². The molecule has 0 radical (unpaired) electrons. The summed E-state index contributed by atoms with van der Waals surface area (Å²) in [6.07, 6.45) is 10.9. The summed E-state index contributed by atoms with van der Waals surface area (Å²) in [4.78, 5) is 2.62. The largest absolute Gasteiger partial charge is 0.310 e. The molecule has 290 valence electrons. The molecule has 1 nitrogen and oxygen atoms in total. The molecule has 4 saturated carbocycles. The van der Waals surface area contributed by atoms with E-state index in [1.807, 2.05) is 0 Å². The lowest BCUT2D eigenvalue weighted by Gasteiger charge is -2.54. The zero-order valence-electron chi connectivity index (χ0n) is 34.5. The van der Waals surface area contributed by atoms with Gasteiger partial charge in [0.05, 0.1) is 0 Å². The number of hydrogen-bond acceptors (Lipinski definition) is 1. The van der Waals surface area contributed by atoms with Gasteiger partial charge in [-0.15, -0.1) is 0 Å². The van der Waals surface area contributed by atoms with Gasteiger partial charge in [-0.1, -0.05) is 129 Å². The van der Waals surface area contributed by atoms with Crippen LogP contribution in [0, 0.1) is 35.5 Å². The molecule has 0 saturated heterocycles. The third-order valence-corrected chi connectivity index (χ3v) is 17.0. The maximum Gasteiger partial charge on any atom is 0.0465 e. The highest BCUT2D eigenvalue weighted by Gasteiger charge is 2.58. The molecule has 6 aliphatic rings. The standard InChI is InChI=1S/C58H53N/c1-36-27-39-29-37(2)58(45(28-36)31-39)54-14-8-6-12-50(54)52-26-24-48(34-56(52)58)59(46-21-18-41(19-22-46)43-17-16-40-9-3-4-10-42(40)32-43)47-23-25-51-49-11-5-7-13-53(49)57(55(51)33-47)35-38-15-20-44(57)30-38/h3-14,16-19,21-26,32-34,36-39,44-45H,15,20,27-31,35H2,1-2H3/t36-,37+,38?,39?,44?,45?,57-,58-/m1/s1. The van der Waals surface area contributed by atoms with Crippen LogP contribution in [0.25, 0.3) is 44.2 Å². The Labute approximate surface area is 350 Å². The molecule has 4 bridgehead atoms. The van der Waals surface area contributed by atoms with Gasteiger partial charge in [0.15, 0.2) is 0 Å². The quantitative estimate of drug-likeness (QED) is 0.173. The molecule has 59 heavy (non-hydrogen) atoms. The molecule has 4 fully saturated rings. The van der Waals surface area contributed by atoms with Gasteiger partial charge in [-0.25, -0.2) is 0 Å². The number of benzene rings is 7. The van der Waals surface area contributed by atoms with E-state index in [1.54, 1.807) is 22.3 Å². The second-order valence-electron chi connectivity index (χ2n) is 19.9. The minimum absolute atomic E-state index is 0.0471.